The highest BCUT2D eigenvalue weighted by molar-refractivity contribution is 9.10. The Morgan fingerprint density at radius 3 is 2.17 bits per heavy atom. The van der Waals surface area contributed by atoms with Crippen LogP contribution in [0.5, 0.6) is 0 Å². The van der Waals surface area contributed by atoms with Gasteiger partial charge in [0.05, 0.1) is 0 Å². The van der Waals surface area contributed by atoms with Crippen LogP contribution in [0.2, 0.25) is 0 Å². The van der Waals surface area contributed by atoms with Crippen LogP contribution in [0.25, 0.3) is 0 Å². The number of hydrogen-bond donors (Lipinski definition) is 2. The average molecular weight is 375 g/mol. The van der Waals surface area contributed by atoms with E-state index in [1.807, 2.05) is 43.3 Å². The van der Waals surface area contributed by atoms with Crippen molar-refractivity contribution in [1.29, 1.82) is 0 Å². The molecule has 0 saturated carbocycles. The van der Waals surface area contributed by atoms with Gasteiger partial charge in [0.15, 0.2) is 0 Å². The van der Waals surface area contributed by atoms with Crippen LogP contribution in [0.1, 0.15) is 19.4 Å². The summed E-state index contributed by atoms with van der Waals surface area (Å²) in [6.07, 6.45) is 0. The second-order valence-electron chi connectivity index (χ2n) is 5.86. The molecule has 0 bridgehead atoms. The van der Waals surface area contributed by atoms with Crippen molar-refractivity contribution < 1.29 is 9.59 Å². The summed E-state index contributed by atoms with van der Waals surface area (Å²) in [7, 11) is 0. The zero-order valence-corrected chi connectivity index (χ0v) is 14.9. The molecule has 0 heterocycles. The Bertz CT molecular complexity index is 727. The molecule has 2 amide bonds. The van der Waals surface area contributed by atoms with Gasteiger partial charge >= 0.3 is 0 Å². The van der Waals surface area contributed by atoms with Crippen molar-refractivity contribution in [3.05, 3.63) is 58.6 Å². The van der Waals surface area contributed by atoms with Crippen molar-refractivity contribution in [3.8, 4) is 0 Å². The van der Waals surface area contributed by atoms with E-state index in [1.54, 1.807) is 26.0 Å². The van der Waals surface area contributed by atoms with E-state index in [-0.39, 0.29) is 11.8 Å². The largest absolute Gasteiger partial charge is 0.325 e. The van der Waals surface area contributed by atoms with E-state index in [9.17, 15) is 9.59 Å². The normalized spacial score (nSPS) is 11.0. The summed E-state index contributed by atoms with van der Waals surface area (Å²) >= 11 is 3.39. The molecule has 2 rings (SSSR count). The van der Waals surface area contributed by atoms with Crippen LogP contribution in [-0.4, -0.2) is 11.8 Å². The summed E-state index contributed by atoms with van der Waals surface area (Å²) < 4.78 is 0.939. The Morgan fingerprint density at radius 2 is 1.57 bits per heavy atom. The first-order valence-electron chi connectivity index (χ1n) is 7.25. The first-order valence-corrected chi connectivity index (χ1v) is 8.04. The SMILES string of the molecule is Cc1cc(Br)ccc1NC(=O)C(C)(C)C(=O)Nc1ccccc1. The molecule has 0 aliphatic heterocycles. The van der Waals surface area contributed by atoms with Crippen molar-refractivity contribution in [2.24, 2.45) is 5.41 Å². The molecule has 0 fully saturated rings. The lowest BCUT2D eigenvalue weighted by Gasteiger charge is -2.23. The standard InChI is InChI=1S/C18H19BrN2O2/c1-12-11-13(19)9-10-15(12)21-17(23)18(2,3)16(22)20-14-7-5-4-6-8-14/h4-11H,1-3H3,(H,20,22)(H,21,23). The van der Waals surface area contributed by atoms with Gasteiger partial charge in [-0.1, -0.05) is 34.1 Å². The Morgan fingerprint density at radius 1 is 0.957 bits per heavy atom. The number of amides is 2. The average Bonchev–Trinajstić information content (AvgIpc) is 2.50. The molecule has 2 aromatic carbocycles. The smallest absolute Gasteiger partial charge is 0.239 e. The van der Waals surface area contributed by atoms with Gasteiger partial charge in [0.25, 0.3) is 0 Å². The van der Waals surface area contributed by atoms with Crippen LogP contribution < -0.4 is 10.6 Å². The van der Waals surface area contributed by atoms with Gasteiger partial charge in [0.1, 0.15) is 5.41 Å². The van der Waals surface area contributed by atoms with E-state index < -0.39 is 5.41 Å². The van der Waals surface area contributed by atoms with E-state index in [1.165, 1.54) is 0 Å². The number of rotatable bonds is 4. The van der Waals surface area contributed by atoms with Crippen LogP contribution in [-0.2, 0) is 9.59 Å². The minimum atomic E-state index is -1.20. The molecule has 0 radical (unpaired) electrons. The molecule has 23 heavy (non-hydrogen) atoms. The molecule has 2 aromatic rings. The lowest BCUT2D eigenvalue weighted by Crippen LogP contribution is -2.41. The summed E-state index contributed by atoms with van der Waals surface area (Å²) in [5, 5.41) is 5.59. The highest BCUT2D eigenvalue weighted by atomic mass is 79.9. The highest BCUT2D eigenvalue weighted by Crippen LogP contribution is 2.24. The van der Waals surface area contributed by atoms with Crippen molar-refractivity contribution in [2.45, 2.75) is 20.8 Å². The monoisotopic (exact) mass is 374 g/mol. The van der Waals surface area contributed by atoms with Crippen molar-refractivity contribution in [3.63, 3.8) is 0 Å². The van der Waals surface area contributed by atoms with Crippen molar-refractivity contribution in [2.75, 3.05) is 10.6 Å². The van der Waals surface area contributed by atoms with Crippen molar-refractivity contribution >= 4 is 39.1 Å². The van der Waals surface area contributed by atoms with Crippen LogP contribution >= 0.6 is 15.9 Å². The first-order chi connectivity index (χ1) is 10.8. The molecule has 5 heteroatoms. The number of halogens is 1. The Labute approximate surface area is 144 Å². The molecular formula is C18H19BrN2O2. The molecule has 120 valence electrons. The van der Waals surface area contributed by atoms with Gasteiger partial charge in [-0.2, -0.15) is 0 Å². The van der Waals surface area contributed by atoms with E-state index in [2.05, 4.69) is 26.6 Å². The molecule has 0 saturated heterocycles. The third-order valence-corrected chi connectivity index (χ3v) is 4.10. The molecule has 0 unspecified atom stereocenters. The first kappa shape index (κ1) is 17.2. The van der Waals surface area contributed by atoms with E-state index in [0.29, 0.717) is 11.4 Å². The number of nitrogens with one attached hydrogen (secondary N) is 2. The summed E-state index contributed by atoms with van der Waals surface area (Å²) in [5.41, 5.74) is 1.08. The van der Waals surface area contributed by atoms with Gasteiger partial charge < -0.3 is 10.6 Å². The molecular weight excluding hydrogens is 356 g/mol. The zero-order valence-electron chi connectivity index (χ0n) is 13.3. The highest BCUT2D eigenvalue weighted by Gasteiger charge is 2.36. The fraction of sp³-hybridized carbons (Fsp3) is 0.222. The topological polar surface area (TPSA) is 58.2 Å². The molecule has 0 spiro atoms. The minimum Gasteiger partial charge on any atom is -0.325 e. The number of para-hydroxylation sites is 1. The van der Waals surface area contributed by atoms with E-state index >= 15 is 0 Å². The number of aryl methyl sites for hydroxylation is 1. The molecule has 2 N–H and O–H groups in total. The number of benzene rings is 2. The Balaban J connectivity index is 2.11. The zero-order chi connectivity index (χ0) is 17.0. The minimum absolute atomic E-state index is 0.351. The fourth-order valence-electron chi connectivity index (χ4n) is 1.96. The van der Waals surface area contributed by atoms with Crippen molar-refractivity contribution in [1.82, 2.24) is 0 Å². The third kappa shape index (κ3) is 4.20. The second kappa shape index (κ2) is 6.96. The third-order valence-electron chi connectivity index (χ3n) is 3.60. The number of carbonyl (C=O) groups is 2. The fourth-order valence-corrected chi connectivity index (χ4v) is 2.43. The van der Waals surface area contributed by atoms with Gasteiger partial charge in [0, 0.05) is 15.8 Å². The summed E-state index contributed by atoms with van der Waals surface area (Å²) in [5.74, 6) is -0.702. The number of carbonyl (C=O) groups excluding carboxylic acids is 2. The lowest BCUT2D eigenvalue weighted by molar-refractivity contribution is -0.135. The number of hydrogen-bond acceptors (Lipinski definition) is 2. The molecule has 0 aliphatic rings. The van der Waals surface area contributed by atoms with Crippen LogP contribution in [0.3, 0.4) is 0 Å². The summed E-state index contributed by atoms with van der Waals surface area (Å²) in [4.78, 5) is 24.9. The molecule has 0 atom stereocenters. The molecule has 0 aliphatic carbocycles. The predicted octanol–water partition coefficient (Wildman–Crippen LogP) is 4.36. The Hall–Kier alpha value is -2.14. The lowest BCUT2D eigenvalue weighted by atomic mass is 9.90. The molecule has 4 nitrogen and oxygen atoms in total. The maximum absolute atomic E-state index is 12.5. The Kier molecular flexibility index (Phi) is 5.21. The summed E-state index contributed by atoms with van der Waals surface area (Å²) in [6.45, 7) is 5.11. The maximum Gasteiger partial charge on any atom is 0.239 e. The summed E-state index contributed by atoms with van der Waals surface area (Å²) in [6, 6.07) is 14.6. The van der Waals surface area contributed by atoms with Crippen LogP contribution in [0, 0.1) is 12.3 Å². The molecule has 0 aromatic heterocycles. The quantitative estimate of drug-likeness (QED) is 0.780. The van der Waals surface area contributed by atoms with Gasteiger partial charge in [-0.15, -0.1) is 0 Å². The second-order valence-corrected chi connectivity index (χ2v) is 6.77. The van der Waals surface area contributed by atoms with Gasteiger partial charge in [-0.25, -0.2) is 0 Å². The van der Waals surface area contributed by atoms with E-state index in [0.717, 1.165) is 10.0 Å². The van der Waals surface area contributed by atoms with Crippen LogP contribution in [0.15, 0.2) is 53.0 Å². The van der Waals surface area contributed by atoms with Gasteiger partial charge in [0.2, 0.25) is 11.8 Å². The van der Waals surface area contributed by atoms with E-state index in [4.69, 9.17) is 0 Å². The van der Waals surface area contributed by atoms with Gasteiger partial charge in [-0.3, -0.25) is 9.59 Å². The van der Waals surface area contributed by atoms with Crippen LogP contribution in [0.4, 0.5) is 11.4 Å². The number of anilines is 2. The van der Waals surface area contributed by atoms with Gasteiger partial charge in [-0.05, 0) is 56.7 Å². The predicted molar refractivity (Wildman–Crippen MR) is 96.4 cm³/mol. The maximum atomic E-state index is 12.5.